The summed E-state index contributed by atoms with van der Waals surface area (Å²) in [7, 11) is -1.49. The van der Waals surface area contributed by atoms with Crippen LogP contribution in [0.25, 0.3) is 0 Å². The highest BCUT2D eigenvalue weighted by Gasteiger charge is 2.44. The number of fused-ring (bicyclic) bond motifs is 3. The Morgan fingerprint density at radius 1 is 1.12 bits per heavy atom. The number of carbonyl (C=O) groups excluding carboxylic acids is 1. The van der Waals surface area contributed by atoms with Crippen LogP contribution in [0.5, 0.6) is 5.75 Å². The third-order valence-corrected chi connectivity index (χ3v) is 14.0. The topological polar surface area (TPSA) is 80.3 Å². The Labute approximate surface area is 304 Å². The summed E-state index contributed by atoms with van der Waals surface area (Å²) in [6.07, 6.45) is 7.16. The second-order valence-electron chi connectivity index (χ2n) is 15.6. The zero-order chi connectivity index (χ0) is 35.0. The van der Waals surface area contributed by atoms with Gasteiger partial charge in [0.1, 0.15) is 22.9 Å². The van der Waals surface area contributed by atoms with E-state index < -0.39 is 17.2 Å². The van der Waals surface area contributed by atoms with Crippen LogP contribution in [0.1, 0.15) is 87.2 Å². The Hall–Kier alpha value is -2.24. The quantitative estimate of drug-likeness (QED) is 0.271. The summed E-state index contributed by atoms with van der Waals surface area (Å²) in [5.41, 5.74) is 3.77. The van der Waals surface area contributed by atoms with Gasteiger partial charge in [0.2, 0.25) is 0 Å². The van der Waals surface area contributed by atoms with Crippen LogP contribution in [-0.4, -0.2) is 84.8 Å². The Kier molecular flexibility index (Phi) is 11.1. The molecule has 0 bridgehead atoms. The second kappa shape index (κ2) is 15.4. The predicted molar refractivity (Wildman–Crippen MR) is 196 cm³/mol. The van der Waals surface area contributed by atoms with Gasteiger partial charge >= 0.3 is 0 Å². The van der Waals surface area contributed by atoms with Gasteiger partial charge in [0.25, 0.3) is 5.91 Å². The normalized spacial score (nSPS) is 30.1. The smallest absolute Gasteiger partial charge is 0.263 e. The van der Waals surface area contributed by atoms with E-state index in [0.717, 1.165) is 80.9 Å². The van der Waals surface area contributed by atoms with Gasteiger partial charge in [0.05, 0.1) is 36.8 Å². The molecule has 1 saturated carbocycles. The van der Waals surface area contributed by atoms with Crippen molar-refractivity contribution in [2.75, 3.05) is 50.9 Å². The number of likely N-dealkylation sites (tertiary alicyclic amines) is 1. The lowest BCUT2D eigenvalue weighted by Gasteiger charge is -2.46. The van der Waals surface area contributed by atoms with Crippen molar-refractivity contribution in [1.29, 1.82) is 0 Å². The van der Waals surface area contributed by atoms with Crippen molar-refractivity contribution in [3.63, 3.8) is 0 Å². The molecule has 2 aromatic carbocycles. The number of hydrogen-bond donors (Lipinski definition) is 1. The number of amides is 1. The van der Waals surface area contributed by atoms with Gasteiger partial charge < -0.3 is 19.1 Å². The average Bonchev–Trinajstić information content (AvgIpc) is 3.24. The van der Waals surface area contributed by atoms with Crippen LogP contribution >= 0.6 is 11.6 Å². The summed E-state index contributed by atoms with van der Waals surface area (Å²) in [6, 6.07) is 12.1. The van der Waals surface area contributed by atoms with Crippen molar-refractivity contribution >= 4 is 34.2 Å². The lowest BCUT2D eigenvalue weighted by Crippen LogP contribution is -2.58. The standard InChI is InChI=1S/C39H53ClFN3O5S/c1-4-6-25(2)26(3)50(46)42-38(45)29-10-13-36-35(16-29)44(23-39(24-49-36)14-5-7-28-15-31(40)11-12-34(28)39)18-30-9-8-27(30)17-37-47-21-33(22-48-37)43-19-32(41)20-43/h10-13,15-16,25-27,30,32-33,37H,4-9,14,17-24H2,1-3H3,(H,42,45)/t25?,26?,27?,30?,33?,37?,39-,50?/m0/s1. The summed E-state index contributed by atoms with van der Waals surface area (Å²) in [5.74, 6) is 1.58. The molecule has 11 heteroatoms. The van der Waals surface area contributed by atoms with Crippen LogP contribution in [0.15, 0.2) is 36.4 Å². The molecule has 0 aromatic heterocycles. The molecular formula is C39H53ClFN3O5S. The van der Waals surface area contributed by atoms with E-state index in [9.17, 15) is 13.4 Å². The Morgan fingerprint density at radius 2 is 1.90 bits per heavy atom. The molecule has 1 amide bonds. The number of rotatable bonds is 11. The van der Waals surface area contributed by atoms with Gasteiger partial charge in [-0.05, 0) is 105 Å². The number of carbonyl (C=O) groups is 1. The highest BCUT2D eigenvalue weighted by atomic mass is 35.5. The first kappa shape index (κ1) is 36.1. The number of aryl methyl sites for hydroxylation is 1. The third-order valence-electron chi connectivity index (χ3n) is 12.2. The molecule has 1 N–H and O–H groups in total. The van der Waals surface area contributed by atoms with Gasteiger partial charge in [-0.3, -0.25) is 14.4 Å². The number of hydrogen-bond acceptors (Lipinski definition) is 7. The molecule has 50 heavy (non-hydrogen) atoms. The van der Waals surface area contributed by atoms with Gasteiger partial charge in [-0.1, -0.05) is 37.9 Å². The van der Waals surface area contributed by atoms with Crippen molar-refractivity contribution in [1.82, 2.24) is 9.62 Å². The molecule has 0 radical (unpaired) electrons. The monoisotopic (exact) mass is 729 g/mol. The summed E-state index contributed by atoms with van der Waals surface area (Å²) in [5, 5.41) is 0.616. The molecule has 8 nitrogen and oxygen atoms in total. The van der Waals surface area contributed by atoms with E-state index in [0.29, 0.717) is 50.3 Å². The molecule has 5 unspecified atom stereocenters. The molecule has 3 fully saturated rings. The van der Waals surface area contributed by atoms with Crippen LogP contribution in [0.4, 0.5) is 10.1 Å². The number of ether oxygens (including phenoxy) is 3. The maximum absolute atomic E-state index is 13.6. The largest absolute Gasteiger partial charge is 0.490 e. The fourth-order valence-electron chi connectivity index (χ4n) is 8.75. The molecule has 3 aliphatic heterocycles. The molecule has 2 aliphatic carbocycles. The van der Waals surface area contributed by atoms with Crippen LogP contribution in [-0.2, 0) is 32.3 Å². The van der Waals surface area contributed by atoms with Crippen molar-refractivity contribution < 1.29 is 27.6 Å². The molecule has 2 saturated heterocycles. The summed E-state index contributed by atoms with van der Waals surface area (Å²) in [4.78, 5) is 18.1. The molecule has 274 valence electrons. The van der Waals surface area contributed by atoms with Gasteiger partial charge in [-0.2, -0.15) is 0 Å². The number of anilines is 1. The van der Waals surface area contributed by atoms with E-state index in [1.165, 1.54) is 11.1 Å². The fourth-order valence-corrected chi connectivity index (χ4v) is 9.99. The highest BCUT2D eigenvalue weighted by Crippen LogP contribution is 2.47. The number of benzene rings is 2. The molecule has 1 spiro atoms. The Morgan fingerprint density at radius 3 is 2.62 bits per heavy atom. The minimum absolute atomic E-state index is 0.139. The average molecular weight is 730 g/mol. The summed E-state index contributed by atoms with van der Waals surface area (Å²) >= 11 is 6.46. The van der Waals surface area contributed by atoms with Crippen LogP contribution < -0.4 is 14.4 Å². The van der Waals surface area contributed by atoms with E-state index in [-0.39, 0.29) is 34.8 Å². The second-order valence-corrected chi connectivity index (χ2v) is 17.6. The Bertz CT molecular complexity index is 1550. The first-order chi connectivity index (χ1) is 24.1. The number of nitrogens with one attached hydrogen (secondary N) is 1. The van der Waals surface area contributed by atoms with Crippen LogP contribution in [0, 0.1) is 17.8 Å². The minimum atomic E-state index is -1.49. The van der Waals surface area contributed by atoms with Gasteiger partial charge in [0.15, 0.2) is 6.29 Å². The Balaban J connectivity index is 1.10. The fraction of sp³-hybridized carbons (Fsp3) is 0.667. The molecule has 7 rings (SSSR count). The summed E-state index contributed by atoms with van der Waals surface area (Å²) in [6.45, 7) is 10.4. The zero-order valence-corrected chi connectivity index (χ0v) is 31.3. The molecule has 6 atom stereocenters. The van der Waals surface area contributed by atoms with Gasteiger partial charge in [-0.15, -0.1) is 0 Å². The first-order valence-corrected chi connectivity index (χ1v) is 20.3. The van der Waals surface area contributed by atoms with E-state index in [1.54, 1.807) is 6.07 Å². The molecule has 3 heterocycles. The van der Waals surface area contributed by atoms with Crippen LogP contribution in [0.2, 0.25) is 5.02 Å². The third kappa shape index (κ3) is 7.61. The van der Waals surface area contributed by atoms with E-state index in [1.807, 2.05) is 25.1 Å². The van der Waals surface area contributed by atoms with Crippen molar-refractivity contribution in [3.8, 4) is 5.75 Å². The zero-order valence-electron chi connectivity index (χ0n) is 29.7. The van der Waals surface area contributed by atoms with Crippen molar-refractivity contribution in [2.45, 2.75) is 101 Å². The first-order valence-electron chi connectivity index (χ1n) is 18.8. The molecular weight excluding hydrogens is 677 g/mol. The maximum Gasteiger partial charge on any atom is 0.263 e. The number of alkyl halides is 1. The number of halogens is 2. The minimum Gasteiger partial charge on any atom is -0.490 e. The van der Waals surface area contributed by atoms with Crippen LogP contribution in [0.3, 0.4) is 0 Å². The molecule has 2 aromatic rings. The van der Waals surface area contributed by atoms with Crippen molar-refractivity contribution in [2.24, 2.45) is 17.8 Å². The summed E-state index contributed by atoms with van der Waals surface area (Å²) < 4.78 is 48.4. The van der Waals surface area contributed by atoms with E-state index in [4.69, 9.17) is 25.8 Å². The highest BCUT2D eigenvalue weighted by molar-refractivity contribution is 7.84. The lowest BCUT2D eigenvalue weighted by atomic mass is 9.69. The van der Waals surface area contributed by atoms with E-state index in [2.05, 4.69) is 40.5 Å². The van der Waals surface area contributed by atoms with Gasteiger partial charge in [-0.25, -0.2) is 8.60 Å². The number of nitrogens with zero attached hydrogens (tertiary/aromatic N) is 2. The van der Waals surface area contributed by atoms with E-state index >= 15 is 0 Å². The predicted octanol–water partition coefficient (Wildman–Crippen LogP) is 6.84. The SMILES string of the molecule is CCCC(C)C(C)S(=O)NC(=O)c1ccc2c(c1)N(CC1CCC1CC1OCC(N3CC(F)C3)CO1)C[C@@]1(CCCc3cc(Cl)ccc31)CO2. The van der Waals surface area contributed by atoms with Crippen molar-refractivity contribution in [3.05, 3.63) is 58.1 Å². The molecule has 5 aliphatic rings. The van der Waals surface area contributed by atoms with Gasteiger partial charge in [0, 0.05) is 48.6 Å². The lowest BCUT2D eigenvalue weighted by molar-refractivity contribution is -0.223. The maximum atomic E-state index is 13.6.